The average Bonchev–Trinajstić information content (AvgIpc) is 2.67. The maximum absolute atomic E-state index is 10.0. The molecule has 0 aliphatic carbocycles. The normalized spacial score (nSPS) is 15.9. The molecule has 0 saturated heterocycles. The lowest BCUT2D eigenvalue weighted by molar-refractivity contribution is -0.0128. The standard InChI is InChI=1S/C13H23NO2S/c1-6-10(16-5)9(15)7-12-14-11(8-17-12)13(2,3)4/h8-10,15H,6-7H2,1-5H3. The van der Waals surface area contributed by atoms with E-state index in [1.165, 1.54) is 0 Å². The number of hydrogen-bond acceptors (Lipinski definition) is 4. The lowest BCUT2D eigenvalue weighted by Crippen LogP contribution is -2.29. The van der Waals surface area contributed by atoms with E-state index in [2.05, 4.69) is 31.1 Å². The first-order chi connectivity index (χ1) is 7.88. The van der Waals surface area contributed by atoms with Crippen molar-refractivity contribution < 1.29 is 9.84 Å². The zero-order chi connectivity index (χ0) is 13.1. The molecule has 1 N–H and O–H groups in total. The van der Waals surface area contributed by atoms with Gasteiger partial charge in [0.2, 0.25) is 0 Å². The summed E-state index contributed by atoms with van der Waals surface area (Å²) in [7, 11) is 1.64. The number of methoxy groups -OCH3 is 1. The molecule has 0 amide bonds. The molecule has 1 heterocycles. The van der Waals surface area contributed by atoms with Crippen molar-refractivity contribution >= 4 is 11.3 Å². The molecule has 1 rings (SSSR count). The number of aliphatic hydroxyl groups excluding tert-OH is 1. The van der Waals surface area contributed by atoms with E-state index in [4.69, 9.17) is 4.74 Å². The summed E-state index contributed by atoms with van der Waals surface area (Å²) in [5, 5.41) is 13.1. The van der Waals surface area contributed by atoms with Crippen LogP contribution in [0, 0.1) is 0 Å². The predicted octanol–water partition coefficient (Wildman–Crippen LogP) is 2.77. The molecular weight excluding hydrogens is 234 g/mol. The summed E-state index contributed by atoms with van der Waals surface area (Å²) >= 11 is 1.62. The Kier molecular flexibility index (Phi) is 5.10. The molecule has 1 aromatic rings. The van der Waals surface area contributed by atoms with E-state index < -0.39 is 6.10 Å². The summed E-state index contributed by atoms with van der Waals surface area (Å²) < 4.78 is 5.23. The van der Waals surface area contributed by atoms with E-state index in [-0.39, 0.29) is 11.5 Å². The first kappa shape index (κ1) is 14.6. The average molecular weight is 257 g/mol. The van der Waals surface area contributed by atoms with Crippen LogP contribution in [0.25, 0.3) is 0 Å². The fourth-order valence-electron chi connectivity index (χ4n) is 1.66. The van der Waals surface area contributed by atoms with E-state index >= 15 is 0 Å². The zero-order valence-corrected chi connectivity index (χ0v) is 12.2. The number of hydrogen-bond donors (Lipinski definition) is 1. The molecule has 4 heteroatoms. The number of thiazole rings is 1. The van der Waals surface area contributed by atoms with Crippen molar-refractivity contribution in [3.63, 3.8) is 0 Å². The summed E-state index contributed by atoms with van der Waals surface area (Å²) in [5.74, 6) is 0. The van der Waals surface area contributed by atoms with Crippen LogP contribution in [0.15, 0.2) is 5.38 Å². The van der Waals surface area contributed by atoms with Crippen LogP contribution in [0.4, 0.5) is 0 Å². The molecule has 0 bridgehead atoms. The third-order valence-corrected chi connectivity index (χ3v) is 3.71. The quantitative estimate of drug-likeness (QED) is 0.882. The van der Waals surface area contributed by atoms with E-state index in [9.17, 15) is 5.11 Å². The van der Waals surface area contributed by atoms with Gasteiger partial charge in [-0.3, -0.25) is 0 Å². The molecule has 98 valence electrons. The molecule has 0 aliphatic heterocycles. The topological polar surface area (TPSA) is 42.4 Å². The largest absolute Gasteiger partial charge is 0.390 e. The third-order valence-electron chi connectivity index (χ3n) is 2.84. The van der Waals surface area contributed by atoms with Gasteiger partial charge in [0.25, 0.3) is 0 Å². The highest BCUT2D eigenvalue weighted by atomic mass is 32.1. The lowest BCUT2D eigenvalue weighted by atomic mass is 9.93. The maximum Gasteiger partial charge on any atom is 0.0955 e. The van der Waals surface area contributed by atoms with E-state index in [1.807, 2.05) is 6.92 Å². The molecule has 0 aliphatic rings. The van der Waals surface area contributed by atoms with Crippen LogP contribution in [0.3, 0.4) is 0 Å². The summed E-state index contributed by atoms with van der Waals surface area (Å²) in [6.45, 7) is 8.45. The number of aromatic nitrogens is 1. The van der Waals surface area contributed by atoms with Gasteiger partial charge in [-0.1, -0.05) is 27.7 Å². The predicted molar refractivity (Wildman–Crippen MR) is 71.6 cm³/mol. The minimum absolute atomic E-state index is 0.0745. The molecular formula is C13H23NO2S. The van der Waals surface area contributed by atoms with Crippen LogP contribution in [0.1, 0.15) is 44.8 Å². The minimum Gasteiger partial charge on any atom is -0.390 e. The van der Waals surface area contributed by atoms with E-state index in [1.54, 1.807) is 18.4 Å². The number of rotatable bonds is 5. The van der Waals surface area contributed by atoms with Gasteiger partial charge in [-0.05, 0) is 6.42 Å². The Balaban J connectivity index is 2.66. The molecule has 0 aromatic carbocycles. The summed E-state index contributed by atoms with van der Waals surface area (Å²) in [4.78, 5) is 4.58. The van der Waals surface area contributed by atoms with Gasteiger partial charge in [0.05, 0.1) is 22.9 Å². The zero-order valence-electron chi connectivity index (χ0n) is 11.4. The summed E-state index contributed by atoms with van der Waals surface area (Å²) in [6.07, 6.45) is 0.823. The Labute approximate surface area is 108 Å². The molecule has 0 fully saturated rings. The Morgan fingerprint density at radius 3 is 2.53 bits per heavy atom. The van der Waals surface area contributed by atoms with Gasteiger partial charge in [-0.15, -0.1) is 11.3 Å². The van der Waals surface area contributed by atoms with Gasteiger partial charge in [-0.25, -0.2) is 4.98 Å². The molecule has 0 radical (unpaired) electrons. The second kappa shape index (κ2) is 5.94. The number of ether oxygens (including phenoxy) is 1. The highest BCUT2D eigenvalue weighted by molar-refractivity contribution is 7.09. The van der Waals surface area contributed by atoms with Crippen LogP contribution in [0.5, 0.6) is 0 Å². The lowest BCUT2D eigenvalue weighted by Gasteiger charge is -2.19. The van der Waals surface area contributed by atoms with Gasteiger partial charge in [0.1, 0.15) is 0 Å². The minimum atomic E-state index is -0.469. The SMILES string of the molecule is CCC(OC)C(O)Cc1nc(C(C)(C)C)cs1. The van der Waals surface area contributed by atoms with Crippen LogP contribution >= 0.6 is 11.3 Å². The molecule has 3 nitrogen and oxygen atoms in total. The molecule has 1 aromatic heterocycles. The Morgan fingerprint density at radius 2 is 2.12 bits per heavy atom. The third kappa shape index (κ3) is 4.05. The highest BCUT2D eigenvalue weighted by Crippen LogP contribution is 2.25. The van der Waals surface area contributed by atoms with Crippen molar-refractivity contribution in [2.24, 2.45) is 0 Å². The van der Waals surface area contributed by atoms with Crippen LogP contribution in [-0.4, -0.2) is 29.4 Å². The first-order valence-electron chi connectivity index (χ1n) is 6.04. The van der Waals surface area contributed by atoms with Crippen molar-refractivity contribution in [2.75, 3.05) is 7.11 Å². The van der Waals surface area contributed by atoms with Crippen molar-refractivity contribution in [3.05, 3.63) is 16.1 Å². The Hall–Kier alpha value is -0.450. The van der Waals surface area contributed by atoms with Gasteiger partial charge >= 0.3 is 0 Å². The van der Waals surface area contributed by atoms with E-state index in [0.29, 0.717) is 6.42 Å². The van der Waals surface area contributed by atoms with Crippen LogP contribution in [-0.2, 0) is 16.6 Å². The van der Waals surface area contributed by atoms with Crippen molar-refractivity contribution in [3.8, 4) is 0 Å². The number of nitrogens with zero attached hydrogens (tertiary/aromatic N) is 1. The van der Waals surface area contributed by atoms with Gasteiger partial charge < -0.3 is 9.84 Å². The molecule has 2 atom stereocenters. The Bertz CT molecular complexity index is 339. The molecule has 0 saturated carbocycles. The second-order valence-electron chi connectivity index (χ2n) is 5.33. The monoisotopic (exact) mass is 257 g/mol. The second-order valence-corrected chi connectivity index (χ2v) is 6.27. The van der Waals surface area contributed by atoms with Gasteiger partial charge in [0, 0.05) is 24.3 Å². The summed E-state index contributed by atoms with van der Waals surface area (Å²) in [5.41, 5.74) is 1.17. The van der Waals surface area contributed by atoms with Crippen molar-refractivity contribution in [1.82, 2.24) is 4.98 Å². The molecule has 17 heavy (non-hydrogen) atoms. The van der Waals surface area contributed by atoms with Gasteiger partial charge in [0.15, 0.2) is 0 Å². The van der Waals surface area contributed by atoms with Crippen molar-refractivity contribution in [2.45, 2.75) is 58.2 Å². The summed E-state index contributed by atoms with van der Waals surface area (Å²) in [6, 6.07) is 0. The smallest absolute Gasteiger partial charge is 0.0955 e. The van der Waals surface area contributed by atoms with E-state index in [0.717, 1.165) is 17.1 Å². The maximum atomic E-state index is 10.0. The van der Waals surface area contributed by atoms with Crippen LogP contribution in [0.2, 0.25) is 0 Å². The molecule has 2 unspecified atom stereocenters. The fraction of sp³-hybridized carbons (Fsp3) is 0.769. The fourth-order valence-corrected chi connectivity index (χ4v) is 2.73. The Morgan fingerprint density at radius 1 is 1.47 bits per heavy atom. The molecule has 0 spiro atoms. The van der Waals surface area contributed by atoms with Gasteiger partial charge in [-0.2, -0.15) is 0 Å². The first-order valence-corrected chi connectivity index (χ1v) is 6.92. The highest BCUT2D eigenvalue weighted by Gasteiger charge is 2.21. The van der Waals surface area contributed by atoms with Crippen LogP contribution < -0.4 is 0 Å². The van der Waals surface area contributed by atoms with Crippen molar-refractivity contribution in [1.29, 1.82) is 0 Å². The number of aliphatic hydroxyl groups is 1.